The number of carbonyl (C=O) groups excluding carboxylic acids is 1. The van der Waals surface area contributed by atoms with Crippen LogP contribution in [0.5, 0.6) is 0 Å². The fraction of sp³-hybridized carbons (Fsp3) is 0.667. The number of hydrogen-bond donors (Lipinski definition) is 1. The zero-order valence-corrected chi connectivity index (χ0v) is 8.47. The zero-order chi connectivity index (χ0) is 9.14. The predicted molar refractivity (Wildman–Crippen MR) is 53.4 cm³/mol. The SMILES string of the molecule is CC1=CCN(C(=O)C(C)S)CC1. The Hall–Kier alpha value is -0.440. The second kappa shape index (κ2) is 3.99. The summed E-state index contributed by atoms with van der Waals surface area (Å²) < 4.78 is 0. The molecule has 1 amide bonds. The van der Waals surface area contributed by atoms with Crippen LogP contribution in [0.2, 0.25) is 0 Å². The Kier molecular flexibility index (Phi) is 3.20. The van der Waals surface area contributed by atoms with Gasteiger partial charge in [0.2, 0.25) is 5.91 Å². The smallest absolute Gasteiger partial charge is 0.235 e. The van der Waals surface area contributed by atoms with E-state index < -0.39 is 0 Å². The van der Waals surface area contributed by atoms with E-state index in [4.69, 9.17) is 0 Å². The summed E-state index contributed by atoms with van der Waals surface area (Å²) in [5, 5.41) is -0.170. The van der Waals surface area contributed by atoms with Crippen LogP contribution in [-0.2, 0) is 4.79 Å². The first-order valence-corrected chi connectivity index (χ1v) is 4.75. The molecule has 0 aromatic heterocycles. The molecule has 1 unspecified atom stereocenters. The van der Waals surface area contributed by atoms with Gasteiger partial charge in [0.1, 0.15) is 0 Å². The van der Waals surface area contributed by atoms with Crippen LogP contribution < -0.4 is 0 Å². The molecule has 0 aromatic carbocycles. The number of nitrogens with zero attached hydrogens (tertiary/aromatic N) is 1. The highest BCUT2D eigenvalue weighted by atomic mass is 32.1. The minimum Gasteiger partial charge on any atom is -0.338 e. The van der Waals surface area contributed by atoms with Crippen molar-refractivity contribution in [2.75, 3.05) is 13.1 Å². The zero-order valence-electron chi connectivity index (χ0n) is 7.58. The molecule has 1 heterocycles. The summed E-state index contributed by atoms with van der Waals surface area (Å²) in [5.41, 5.74) is 1.38. The van der Waals surface area contributed by atoms with Crippen molar-refractivity contribution in [1.82, 2.24) is 4.90 Å². The van der Waals surface area contributed by atoms with Crippen molar-refractivity contribution in [3.05, 3.63) is 11.6 Å². The molecular formula is C9H15NOS. The maximum absolute atomic E-state index is 11.4. The van der Waals surface area contributed by atoms with E-state index in [1.54, 1.807) is 0 Å². The summed E-state index contributed by atoms with van der Waals surface area (Å²) in [4.78, 5) is 13.3. The average molecular weight is 185 g/mol. The topological polar surface area (TPSA) is 20.3 Å². The van der Waals surface area contributed by atoms with Crippen LogP contribution in [0.3, 0.4) is 0 Å². The normalized spacial score (nSPS) is 20.2. The van der Waals surface area contributed by atoms with E-state index in [1.807, 2.05) is 11.8 Å². The predicted octanol–water partition coefficient (Wildman–Crippen LogP) is 1.48. The molecule has 0 aliphatic carbocycles. The standard InChI is InChI=1S/C9H15NOS/c1-7-3-5-10(6-4-7)9(11)8(2)12/h3,8,12H,4-6H2,1-2H3. The summed E-state index contributed by atoms with van der Waals surface area (Å²) >= 11 is 4.11. The van der Waals surface area contributed by atoms with Crippen LogP contribution in [0.25, 0.3) is 0 Å². The van der Waals surface area contributed by atoms with Crippen molar-refractivity contribution in [1.29, 1.82) is 0 Å². The van der Waals surface area contributed by atoms with Gasteiger partial charge < -0.3 is 4.90 Å². The van der Waals surface area contributed by atoms with Gasteiger partial charge in [0, 0.05) is 13.1 Å². The largest absolute Gasteiger partial charge is 0.338 e. The van der Waals surface area contributed by atoms with Crippen molar-refractivity contribution in [3.8, 4) is 0 Å². The maximum atomic E-state index is 11.4. The first kappa shape index (κ1) is 9.65. The Morgan fingerprint density at radius 1 is 1.75 bits per heavy atom. The Labute approximate surface area is 79.0 Å². The van der Waals surface area contributed by atoms with Crippen LogP contribution >= 0.6 is 12.6 Å². The van der Waals surface area contributed by atoms with E-state index in [1.165, 1.54) is 5.57 Å². The minimum absolute atomic E-state index is 0.141. The van der Waals surface area contributed by atoms with Crippen LogP contribution in [0, 0.1) is 0 Å². The van der Waals surface area contributed by atoms with Crippen LogP contribution in [0.4, 0.5) is 0 Å². The van der Waals surface area contributed by atoms with Crippen molar-refractivity contribution >= 4 is 18.5 Å². The van der Waals surface area contributed by atoms with Gasteiger partial charge in [0.15, 0.2) is 0 Å². The molecular weight excluding hydrogens is 170 g/mol. The molecule has 0 bridgehead atoms. The van der Waals surface area contributed by atoms with Gasteiger partial charge in [0.05, 0.1) is 5.25 Å². The lowest BCUT2D eigenvalue weighted by Gasteiger charge is -2.26. The van der Waals surface area contributed by atoms with Crippen molar-refractivity contribution in [3.63, 3.8) is 0 Å². The first-order valence-electron chi connectivity index (χ1n) is 4.23. The van der Waals surface area contributed by atoms with Gasteiger partial charge in [-0.2, -0.15) is 12.6 Å². The van der Waals surface area contributed by atoms with Gasteiger partial charge in [0.25, 0.3) is 0 Å². The molecule has 12 heavy (non-hydrogen) atoms. The Morgan fingerprint density at radius 3 is 2.83 bits per heavy atom. The molecule has 1 rings (SSSR count). The van der Waals surface area contributed by atoms with Gasteiger partial charge in [-0.15, -0.1) is 0 Å². The molecule has 2 nitrogen and oxygen atoms in total. The molecule has 0 radical (unpaired) electrons. The quantitative estimate of drug-likeness (QED) is 0.484. The molecule has 0 N–H and O–H groups in total. The molecule has 68 valence electrons. The highest BCUT2D eigenvalue weighted by molar-refractivity contribution is 7.81. The molecule has 0 spiro atoms. The van der Waals surface area contributed by atoms with Crippen LogP contribution in [-0.4, -0.2) is 29.1 Å². The molecule has 1 aliphatic heterocycles. The summed E-state index contributed by atoms with van der Waals surface area (Å²) in [5.74, 6) is 0.141. The lowest BCUT2D eigenvalue weighted by Crippen LogP contribution is -2.38. The highest BCUT2D eigenvalue weighted by Gasteiger charge is 2.18. The summed E-state index contributed by atoms with van der Waals surface area (Å²) in [6, 6.07) is 0. The van der Waals surface area contributed by atoms with Gasteiger partial charge in [-0.1, -0.05) is 11.6 Å². The fourth-order valence-electron chi connectivity index (χ4n) is 1.24. The van der Waals surface area contributed by atoms with E-state index >= 15 is 0 Å². The Balaban J connectivity index is 2.51. The monoisotopic (exact) mass is 185 g/mol. The molecule has 0 saturated carbocycles. The van der Waals surface area contributed by atoms with Gasteiger partial charge in [-0.05, 0) is 20.3 Å². The van der Waals surface area contributed by atoms with E-state index in [-0.39, 0.29) is 11.2 Å². The number of amides is 1. The summed E-state index contributed by atoms with van der Waals surface area (Å²) in [6.45, 7) is 5.53. The fourth-order valence-corrected chi connectivity index (χ4v) is 1.40. The van der Waals surface area contributed by atoms with E-state index in [0.717, 1.165) is 19.5 Å². The van der Waals surface area contributed by atoms with E-state index in [2.05, 4.69) is 25.6 Å². The maximum Gasteiger partial charge on any atom is 0.235 e. The summed E-state index contributed by atoms with van der Waals surface area (Å²) in [6.07, 6.45) is 3.11. The lowest BCUT2D eigenvalue weighted by molar-refractivity contribution is -0.129. The first-order chi connectivity index (χ1) is 5.61. The number of hydrogen-bond acceptors (Lipinski definition) is 2. The third-order valence-corrected chi connectivity index (χ3v) is 2.33. The minimum atomic E-state index is -0.170. The van der Waals surface area contributed by atoms with E-state index in [0.29, 0.717) is 0 Å². The average Bonchev–Trinajstić information content (AvgIpc) is 2.04. The molecule has 0 fully saturated rings. The second-order valence-electron chi connectivity index (χ2n) is 3.26. The molecule has 1 aliphatic rings. The van der Waals surface area contributed by atoms with Gasteiger partial charge >= 0.3 is 0 Å². The van der Waals surface area contributed by atoms with Gasteiger partial charge in [-0.3, -0.25) is 4.79 Å². The molecule has 0 aromatic rings. The van der Waals surface area contributed by atoms with Crippen molar-refractivity contribution in [2.45, 2.75) is 25.5 Å². The second-order valence-corrected chi connectivity index (χ2v) is 4.04. The Bertz CT molecular complexity index is 211. The lowest BCUT2D eigenvalue weighted by atomic mass is 10.1. The number of carbonyl (C=O) groups is 1. The van der Waals surface area contributed by atoms with Crippen molar-refractivity contribution < 1.29 is 4.79 Å². The number of rotatable bonds is 1. The molecule has 1 atom stereocenters. The molecule has 3 heteroatoms. The molecule has 0 saturated heterocycles. The third-order valence-electron chi connectivity index (χ3n) is 2.11. The highest BCUT2D eigenvalue weighted by Crippen LogP contribution is 2.11. The summed E-state index contributed by atoms with van der Waals surface area (Å²) in [7, 11) is 0. The Morgan fingerprint density at radius 2 is 2.42 bits per heavy atom. The van der Waals surface area contributed by atoms with Crippen molar-refractivity contribution in [2.24, 2.45) is 0 Å². The van der Waals surface area contributed by atoms with Gasteiger partial charge in [-0.25, -0.2) is 0 Å². The third kappa shape index (κ3) is 2.27. The van der Waals surface area contributed by atoms with E-state index in [9.17, 15) is 4.79 Å². The number of thiol groups is 1. The van der Waals surface area contributed by atoms with Crippen LogP contribution in [0.15, 0.2) is 11.6 Å². The van der Waals surface area contributed by atoms with Crippen LogP contribution in [0.1, 0.15) is 20.3 Å².